The number of hydrogen-bond donors (Lipinski definition) is 2. The van der Waals surface area contributed by atoms with Crippen molar-refractivity contribution >= 4 is 36.0 Å². The standard InChI is InChI=1S/C14H20ClNO2S/c1-14(2,3)18-13(17)16-12-9-11(15)7-6-10(12)5-4-8-19/h6-7,9,19H,4-5,8H2,1-3H3,(H,16,17). The van der Waals surface area contributed by atoms with Crippen LogP contribution in [-0.2, 0) is 11.2 Å². The van der Waals surface area contributed by atoms with Crippen molar-refractivity contribution in [2.75, 3.05) is 11.1 Å². The van der Waals surface area contributed by atoms with Crippen LogP contribution >= 0.6 is 24.2 Å². The lowest BCUT2D eigenvalue weighted by Crippen LogP contribution is -2.27. The van der Waals surface area contributed by atoms with Crippen molar-refractivity contribution in [3.05, 3.63) is 28.8 Å². The quantitative estimate of drug-likeness (QED) is 0.801. The number of halogens is 1. The van der Waals surface area contributed by atoms with Crippen molar-refractivity contribution in [3.63, 3.8) is 0 Å². The van der Waals surface area contributed by atoms with E-state index in [4.69, 9.17) is 16.3 Å². The normalized spacial score (nSPS) is 11.2. The van der Waals surface area contributed by atoms with Gasteiger partial charge >= 0.3 is 6.09 Å². The summed E-state index contributed by atoms with van der Waals surface area (Å²) in [5, 5.41) is 3.33. The Balaban J connectivity index is 2.80. The van der Waals surface area contributed by atoms with E-state index in [0.29, 0.717) is 10.7 Å². The fraction of sp³-hybridized carbons (Fsp3) is 0.500. The van der Waals surface area contributed by atoms with Crippen molar-refractivity contribution in [3.8, 4) is 0 Å². The summed E-state index contributed by atoms with van der Waals surface area (Å²) in [5.41, 5.74) is 1.21. The molecule has 5 heteroatoms. The second-order valence-electron chi connectivity index (χ2n) is 5.26. The minimum absolute atomic E-state index is 0.470. The van der Waals surface area contributed by atoms with E-state index in [1.807, 2.05) is 32.9 Å². The third kappa shape index (κ3) is 6.21. The highest BCUT2D eigenvalue weighted by Gasteiger charge is 2.17. The van der Waals surface area contributed by atoms with Gasteiger partial charge in [0.05, 0.1) is 0 Å². The molecule has 3 nitrogen and oxygen atoms in total. The minimum Gasteiger partial charge on any atom is -0.444 e. The summed E-state index contributed by atoms with van der Waals surface area (Å²) < 4.78 is 5.23. The first-order valence-electron chi connectivity index (χ1n) is 6.21. The summed E-state index contributed by atoms with van der Waals surface area (Å²) in [4.78, 5) is 11.8. The number of rotatable bonds is 4. The molecule has 1 N–H and O–H groups in total. The number of carbonyl (C=O) groups is 1. The highest BCUT2D eigenvalue weighted by molar-refractivity contribution is 7.80. The molecule has 0 aromatic heterocycles. The van der Waals surface area contributed by atoms with E-state index in [2.05, 4.69) is 17.9 Å². The predicted molar refractivity (Wildman–Crippen MR) is 83.5 cm³/mol. The van der Waals surface area contributed by atoms with Crippen LogP contribution in [0.4, 0.5) is 10.5 Å². The molecule has 0 saturated carbocycles. The molecule has 0 heterocycles. The first-order chi connectivity index (χ1) is 8.81. The van der Waals surface area contributed by atoms with Crippen molar-refractivity contribution < 1.29 is 9.53 Å². The predicted octanol–water partition coefficient (Wildman–Crippen LogP) is 4.55. The first kappa shape index (κ1) is 16.2. The van der Waals surface area contributed by atoms with Crippen LogP contribution < -0.4 is 5.32 Å². The molecule has 1 aromatic rings. The summed E-state index contributed by atoms with van der Waals surface area (Å²) in [6.07, 6.45) is 1.31. The lowest BCUT2D eigenvalue weighted by molar-refractivity contribution is 0.0636. The van der Waals surface area contributed by atoms with Gasteiger partial charge in [-0.3, -0.25) is 5.32 Å². The average Bonchev–Trinajstić information content (AvgIpc) is 2.25. The number of thiol groups is 1. The van der Waals surface area contributed by atoms with Crippen LogP contribution in [0.5, 0.6) is 0 Å². The van der Waals surface area contributed by atoms with Crippen LogP contribution in [-0.4, -0.2) is 17.4 Å². The summed E-state index contributed by atoms with van der Waals surface area (Å²) in [6, 6.07) is 5.47. The summed E-state index contributed by atoms with van der Waals surface area (Å²) in [6.45, 7) is 5.48. The Labute approximate surface area is 125 Å². The van der Waals surface area contributed by atoms with Crippen molar-refractivity contribution in [1.82, 2.24) is 0 Å². The molecule has 0 fully saturated rings. The van der Waals surface area contributed by atoms with E-state index in [1.54, 1.807) is 6.07 Å². The van der Waals surface area contributed by atoms with Gasteiger partial charge in [-0.15, -0.1) is 0 Å². The molecule has 0 radical (unpaired) electrons. The Morgan fingerprint density at radius 2 is 2.11 bits per heavy atom. The second-order valence-corrected chi connectivity index (χ2v) is 6.14. The number of carbonyl (C=O) groups excluding carboxylic acids is 1. The zero-order valence-electron chi connectivity index (χ0n) is 11.5. The molecule has 0 atom stereocenters. The van der Waals surface area contributed by atoms with E-state index in [0.717, 1.165) is 24.2 Å². The average molecular weight is 302 g/mol. The van der Waals surface area contributed by atoms with Gasteiger partial charge in [0.2, 0.25) is 0 Å². The van der Waals surface area contributed by atoms with Crippen LogP contribution in [0.3, 0.4) is 0 Å². The van der Waals surface area contributed by atoms with Crippen LogP contribution in [0.25, 0.3) is 0 Å². The second kappa shape index (κ2) is 7.06. The zero-order chi connectivity index (χ0) is 14.5. The Bertz CT molecular complexity index is 444. The van der Waals surface area contributed by atoms with Crippen LogP contribution in [0.1, 0.15) is 32.8 Å². The van der Waals surface area contributed by atoms with Crippen molar-refractivity contribution in [2.24, 2.45) is 0 Å². The molecule has 19 heavy (non-hydrogen) atoms. The molecule has 106 valence electrons. The summed E-state index contributed by atoms with van der Waals surface area (Å²) >= 11 is 10.2. The number of nitrogens with one attached hydrogen (secondary N) is 1. The van der Waals surface area contributed by atoms with Crippen molar-refractivity contribution in [2.45, 2.75) is 39.2 Å². The van der Waals surface area contributed by atoms with Gasteiger partial charge in [-0.1, -0.05) is 17.7 Å². The molecule has 0 aliphatic heterocycles. The Morgan fingerprint density at radius 3 is 2.68 bits per heavy atom. The highest BCUT2D eigenvalue weighted by atomic mass is 35.5. The number of aryl methyl sites for hydroxylation is 1. The van der Waals surface area contributed by atoms with Gasteiger partial charge in [0.25, 0.3) is 0 Å². The van der Waals surface area contributed by atoms with Gasteiger partial charge in [-0.05, 0) is 57.1 Å². The molecular weight excluding hydrogens is 282 g/mol. The molecule has 1 rings (SSSR count). The molecule has 0 aliphatic carbocycles. The number of hydrogen-bond acceptors (Lipinski definition) is 3. The number of benzene rings is 1. The van der Waals surface area contributed by atoms with E-state index < -0.39 is 11.7 Å². The third-order valence-electron chi connectivity index (χ3n) is 2.31. The van der Waals surface area contributed by atoms with E-state index in [9.17, 15) is 4.79 Å². The molecule has 1 amide bonds. The maximum absolute atomic E-state index is 11.8. The van der Waals surface area contributed by atoms with E-state index in [-0.39, 0.29) is 0 Å². The third-order valence-corrected chi connectivity index (χ3v) is 2.86. The SMILES string of the molecule is CC(C)(C)OC(=O)Nc1cc(Cl)ccc1CCCS. The van der Waals surface area contributed by atoms with E-state index >= 15 is 0 Å². The lowest BCUT2D eigenvalue weighted by atomic mass is 10.1. The molecule has 0 unspecified atom stereocenters. The maximum atomic E-state index is 11.8. The largest absolute Gasteiger partial charge is 0.444 e. The molecular formula is C14H20ClNO2S. The molecule has 0 aliphatic rings. The Hall–Kier alpha value is -0.870. The fourth-order valence-corrected chi connectivity index (χ4v) is 1.90. The Kier molecular flexibility index (Phi) is 6.01. The van der Waals surface area contributed by atoms with Crippen molar-refractivity contribution in [1.29, 1.82) is 0 Å². The topological polar surface area (TPSA) is 38.3 Å². The number of ether oxygens (including phenoxy) is 1. The van der Waals surface area contributed by atoms with Gasteiger partial charge in [-0.25, -0.2) is 4.79 Å². The monoisotopic (exact) mass is 301 g/mol. The molecule has 0 bridgehead atoms. The smallest absolute Gasteiger partial charge is 0.412 e. The van der Waals surface area contributed by atoms with Gasteiger partial charge in [0.15, 0.2) is 0 Å². The van der Waals surface area contributed by atoms with Crippen LogP contribution in [0, 0.1) is 0 Å². The van der Waals surface area contributed by atoms with Gasteiger partial charge in [-0.2, -0.15) is 12.6 Å². The highest BCUT2D eigenvalue weighted by Crippen LogP contribution is 2.23. The summed E-state index contributed by atoms with van der Waals surface area (Å²) in [7, 11) is 0. The number of anilines is 1. The first-order valence-corrected chi connectivity index (χ1v) is 7.22. The van der Waals surface area contributed by atoms with E-state index in [1.165, 1.54) is 0 Å². The fourth-order valence-electron chi connectivity index (χ4n) is 1.57. The minimum atomic E-state index is -0.520. The van der Waals surface area contributed by atoms with Crippen LogP contribution in [0.15, 0.2) is 18.2 Å². The number of amides is 1. The maximum Gasteiger partial charge on any atom is 0.412 e. The zero-order valence-corrected chi connectivity index (χ0v) is 13.1. The Morgan fingerprint density at radius 1 is 1.42 bits per heavy atom. The molecule has 0 saturated heterocycles. The lowest BCUT2D eigenvalue weighted by Gasteiger charge is -2.20. The molecule has 0 spiro atoms. The van der Waals surface area contributed by atoms with Gasteiger partial charge in [0.1, 0.15) is 5.60 Å². The van der Waals surface area contributed by atoms with Crippen LogP contribution in [0.2, 0.25) is 5.02 Å². The van der Waals surface area contributed by atoms with Gasteiger partial charge < -0.3 is 4.74 Å². The van der Waals surface area contributed by atoms with Gasteiger partial charge in [0, 0.05) is 10.7 Å². The molecule has 1 aromatic carbocycles. The summed E-state index contributed by atoms with van der Waals surface area (Å²) in [5.74, 6) is 0.800.